The Balaban J connectivity index is 0.00000364. The molecule has 1 amide bonds. The Labute approximate surface area is 177 Å². The van der Waals surface area contributed by atoms with Crippen molar-refractivity contribution >= 4 is 35.8 Å². The molecule has 0 fully saturated rings. The summed E-state index contributed by atoms with van der Waals surface area (Å²) in [6, 6.07) is 3.88. The van der Waals surface area contributed by atoms with Crippen LogP contribution in [0.1, 0.15) is 33.3 Å². The van der Waals surface area contributed by atoms with E-state index in [2.05, 4.69) is 30.9 Å². The van der Waals surface area contributed by atoms with Crippen LogP contribution in [-0.2, 0) is 11.3 Å². The van der Waals surface area contributed by atoms with Crippen molar-refractivity contribution in [1.29, 1.82) is 0 Å². The number of amides is 1. The normalized spacial score (nSPS) is 11.5. The van der Waals surface area contributed by atoms with Gasteiger partial charge in [0.05, 0.1) is 13.1 Å². The molecule has 0 bridgehead atoms. The molecule has 27 heavy (non-hydrogen) atoms. The second-order valence-corrected chi connectivity index (χ2v) is 6.84. The predicted octanol–water partition coefficient (Wildman–Crippen LogP) is 1.86. The van der Waals surface area contributed by atoms with Crippen molar-refractivity contribution in [3.63, 3.8) is 0 Å². The maximum absolute atomic E-state index is 11.9. The van der Waals surface area contributed by atoms with Gasteiger partial charge in [-0.15, -0.1) is 24.0 Å². The second kappa shape index (κ2) is 10.9. The van der Waals surface area contributed by atoms with Gasteiger partial charge in [-0.25, -0.2) is 15.0 Å². The SMILES string of the molecule is CCNC(=NCc1ccnc(-n2ccnc2)c1)NCC(=O)NC(C)(C)C.I. The van der Waals surface area contributed by atoms with E-state index in [9.17, 15) is 4.79 Å². The van der Waals surface area contributed by atoms with Gasteiger partial charge in [-0.3, -0.25) is 9.36 Å². The first-order valence-corrected chi connectivity index (χ1v) is 8.64. The lowest BCUT2D eigenvalue weighted by atomic mass is 10.1. The minimum Gasteiger partial charge on any atom is -0.357 e. The Morgan fingerprint density at radius 1 is 1.26 bits per heavy atom. The first-order valence-electron chi connectivity index (χ1n) is 8.64. The maximum Gasteiger partial charge on any atom is 0.239 e. The van der Waals surface area contributed by atoms with Gasteiger partial charge < -0.3 is 16.0 Å². The first kappa shape index (κ1) is 22.9. The molecule has 2 aromatic heterocycles. The number of carbonyl (C=O) groups is 1. The van der Waals surface area contributed by atoms with E-state index in [1.807, 2.05) is 50.6 Å². The highest BCUT2D eigenvalue weighted by molar-refractivity contribution is 14.0. The molecule has 2 rings (SSSR count). The number of pyridine rings is 1. The number of hydrogen-bond donors (Lipinski definition) is 3. The molecular weight excluding hydrogens is 457 g/mol. The van der Waals surface area contributed by atoms with E-state index in [1.54, 1.807) is 18.7 Å². The number of halogens is 1. The fourth-order valence-corrected chi connectivity index (χ4v) is 2.23. The van der Waals surface area contributed by atoms with Gasteiger partial charge in [0.2, 0.25) is 5.91 Å². The molecule has 0 atom stereocenters. The molecule has 0 aromatic carbocycles. The summed E-state index contributed by atoms with van der Waals surface area (Å²) in [4.78, 5) is 24.8. The average molecular weight is 485 g/mol. The lowest BCUT2D eigenvalue weighted by molar-refractivity contribution is -0.121. The molecular formula is C18H28IN7O. The Morgan fingerprint density at radius 2 is 2.04 bits per heavy atom. The minimum atomic E-state index is -0.255. The molecule has 0 radical (unpaired) electrons. The van der Waals surface area contributed by atoms with Gasteiger partial charge in [-0.05, 0) is 45.4 Å². The third-order valence-electron chi connectivity index (χ3n) is 3.27. The lowest BCUT2D eigenvalue weighted by Gasteiger charge is -2.21. The summed E-state index contributed by atoms with van der Waals surface area (Å²) in [6.45, 7) is 9.18. The molecule has 0 spiro atoms. The van der Waals surface area contributed by atoms with Gasteiger partial charge in [0.15, 0.2) is 5.96 Å². The van der Waals surface area contributed by atoms with E-state index in [0.29, 0.717) is 19.0 Å². The van der Waals surface area contributed by atoms with Crippen molar-refractivity contribution < 1.29 is 4.79 Å². The Kier molecular flexibility index (Phi) is 9.19. The molecule has 0 aliphatic heterocycles. The van der Waals surface area contributed by atoms with E-state index >= 15 is 0 Å². The molecule has 0 unspecified atom stereocenters. The van der Waals surface area contributed by atoms with Gasteiger partial charge in [0, 0.05) is 30.7 Å². The van der Waals surface area contributed by atoms with E-state index in [0.717, 1.165) is 11.4 Å². The Morgan fingerprint density at radius 3 is 2.67 bits per heavy atom. The number of nitrogens with one attached hydrogen (secondary N) is 3. The summed E-state index contributed by atoms with van der Waals surface area (Å²) in [5.74, 6) is 1.31. The standard InChI is InChI=1S/C18H27N7O.HI/c1-5-20-17(23-12-16(26)24-18(2,3)4)22-11-14-6-7-21-15(10-14)25-9-8-19-13-25;/h6-10,13H,5,11-12H2,1-4H3,(H,24,26)(H2,20,22,23);1H. The molecule has 9 heteroatoms. The number of guanidine groups is 1. The van der Waals surface area contributed by atoms with Crippen LogP contribution in [0.3, 0.4) is 0 Å². The van der Waals surface area contributed by atoms with Crippen molar-refractivity contribution in [3.8, 4) is 5.82 Å². The molecule has 148 valence electrons. The van der Waals surface area contributed by atoms with Crippen molar-refractivity contribution in [2.75, 3.05) is 13.1 Å². The summed E-state index contributed by atoms with van der Waals surface area (Å²) < 4.78 is 1.84. The van der Waals surface area contributed by atoms with Gasteiger partial charge in [-0.1, -0.05) is 0 Å². The van der Waals surface area contributed by atoms with Crippen LogP contribution in [0.2, 0.25) is 0 Å². The van der Waals surface area contributed by atoms with Crippen LogP contribution in [-0.4, -0.2) is 45.0 Å². The van der Waals surface area contributed by atoms with Crippen LogP contribution in [0, 0.1) is 0 Å². The summed E-state index contributed by atoms with van der Waals surface area (Å²) in [5, 5.41) is 9.11. The molecule has 0 saturated carbocycles. The number of aliphatic imine (C=N–C) groups is 1. The number of carbonyl (C=O) groups excluding carboxylic acids is 1. The summed E-state index contributed by atoms with van der Waals surface area (Å²) in [5.41, 5.74) is 0.759. The molecule has 2 heterocycles. The highest BCUT2D eigenvalue weighted by atomic mass is 127. The quantitative estimate of drug-likeness (QED) is 0.330. The van der Waals surface area contributed by atoms with E-state index in [-0.39, 0.29) is 42.0 Å². The van der Waals surface area contributed by atoms with Crippen molar-refractivity contribution in [2.45, 2.75) is 39.8 Å². The monoisotopic (exact) mass is 485 g/mol. The van der Waals surface area contributed by atoms with Crippen molar-refractivity contribution in [3.05, 3.63) is 42.6 Å². The molecule has 0 aliphatic rings. The third kappa shape index (κ3) is 8.37. The predicted molar refractivity (Wildman–Crippen MR) is 117 cm³/mol. The minimum absolute atomic E-state index is 0. The zero-order chi connectivity index (χ0) is 19.0. The number of aromatic nitrogens is 3. The molecule has 0 saturated heterocycles. The van der Waals surface area contributed by atoms with E-state index in [4.69, 9.17) is 0 Å². The molecule has 8 nitrogen and oxygen atoms in total. The lowest BCUT2D eigenvalue weighted by Crippen LogP contribution is -2.48. The fourth-order valence-electron chi connectivity index (χ4n) is 2.23. The van der Waals surface area contributed by atoms with Crippen LogP contribution < -0.4 is 16.0 Å². The summed E-state index contributed by atoms with van der Waals surface area (Å²) in [7, 11) is 0. The average Bonchev–Trinajstić information content (AvgIpc) is 3.11. The first-order chi connectivity index (χ1) is 12.4. The second-order valence-electron chi connectivity index (χ2n) is 6.84. The van der Waals surface area contributed by atoms with Gasteiger partial charge in [0.1, 0.15) is 12.1 Å². The third-order valence-corrected chi connectivity index (χ3v) is 3.27. The summed E-state index contributed by atoms with van der Waals surface area (Å²) >= 11 is 0. The summed E-state index contributed by atoms with van der Waals surface area (Å²) in [6.07, 6.45) is 7.00. The van der Waals surface area contributed by atoms with E-state index < -0.39 is 0 Å². The zero-order valence-electron chi connectivity index (χ0n) is 16.2. The topological polar surface area (TPSA) is 96.2 Å². The fraction of sp³-hybridized carbons (Fsp3) is 0.444. The van der Waals surface area contributed by atoms with Gasteiger partial charge >= 0.3 is 0 Å². The van der Waals surface area contributed by atoms with Crippen LogP contribution in [0.25, 0.3) is 5.82 Å². The van der Waals surface area contributed by atoms with Crippen LogP contribution >= 0.6 is 24.0 Å². The van der Waals surface area contributed by atoms with Gasteiger partial charge in [-0.2, -0.15) is 0 Å². The largest absolute Gasteiger partial charge is 0.357 e. The van der Waals surface area contributed by atoms with E-state index in [1.165, 1.54) is 0 Å². The molecule has 0 aliphatic carbocycles. The molecule has 2 aromatic rings. The number of imidazole rings is 1. The number of hydrogen-bond acceptors (Lipinski definition) is 4. The Hall–Kier alpha value is -2.17. The smallest absolute Gasteiger partial charge is 0.239 e. The maximum atomic E-state index is 11.9. The van der Waals surface area contributed by atoms with Crippen LogP contribution in [0.15, 0.2) is 42.0 Å². The number of rotatable bonds is 6. The highest BCUT2D eigenvalue weighted by Gasteiger charge is 2.13. The number of nitrogens with zero attached hydrogens (tertiary/aromatic N) is 4. The Bertz CT molecular complexity index is 738. The molecule has 3 N–H and O–H groups in total. The van der Waals surface area contributed by atoms with Crippen LogP contribution in [0.4, 0.5) is 0 Å². The van der Waals surface area contributed by atoms with Crippen LogP contribution in [0.5, 0.6) is 0 Å². The van der Waals surface area contributed by atoms with Crippen molar-refractivity contribution in [2.24, 2.45) is 4.99 Å². The van der Waals surface area contributed by atoms with Gasteiger partial charge in [0.25, 0.3) is 0 Å². The van der Waals surface area contributed by atoms with Crippen molar-refractivity contribution in [1.82, 2.24) is 30.5 Å². The highest BCUT2D eigenvalue weighted by Crippen LogP contribution is 2.08. The zero-order valence-corrected chi connectivity index (χ0v) is 18.5.